The molecule has 0 fully saturated rings. The fraction of sp³-hybridized carbons (Fsp3) is 0.600. The Morgan fingerprint density at radius 1 is 1.56 bits per heavy atom. The normalized spacial score (nSPS) is 11.8. The molecule has 0 atom stereocenters. The Morgan fingerprint density at radius 3 is 2.72 bits per heavy atom. The predicted molar refractivity (Wildman–Crippen MR) is 64.4 cm³/mol. The number of carbonyl (C=O) groups excluding carboxylic acids is 1. The molecule has 0 aromatic carbocycles. The smallest absolute Gasteiger partial charge is 0.307 e. The highest BCUT2D eigenvalue weighted by Crippen LogP contribution is 2.16. The lowest BCUT2D eigenvalue weighted by molar-refractivity contribution is -0.143. The number of sulfonamides is 1. The first kappa shape index (κ1) is 14.7. The van der Waals surface area contributed by atoms with E-state index in [1.165, 1.54) is 13.2 Å². The molecule has 102 valence electrons. The monoisotopic (exact) mass is 275 g/mol. The number of nitrogens with zero attached hydrogens (tertiary/aromatic N) is 2. The van der Waals surface area contributed by atoms with E-state index in [4.69, 9.17) is 4.74 Å². The number of carbonyl (C=O) groups is 1. The summed E-state index contributed by atoms with van der Waals surface area (Å²) < 4.78 is 30.0. The van der Waals surface area contributed by atoms with Gasteiger partial charge in [0.15, 0.2) is 0 Å². The van der Waals surface area contributed by atoms with Crippen LogP contribution in [0.25, 0.3) is 0 Å². The SMILES string of the molecule is CCOC(=O)CCN(C)S(=O)(=O)c1cn[nH]c1C. The zero-order valence-electron chi connectivity index (χ0n) is 10.6. The van der Waals surface area contributed by atoms with Crippen molar-refractivity contribution in [1.82, 2.24) is 14.5 Å². The molecule has 0 bridgehead atoms. The lowest BCUT2D eigenvalue weighted by Crippen LogP contribution is -2.29. The van der Waals surface area contributed by atoms with Crippen molar-refractivity contribution in [3.05, 3.63) is 11.9 Å². The third kappa shape index (κ3) is 3.30. The van der Waals surface area contributed by atoms with Crippen LogP contribution in [0.1, 0.15) is 19.0 Å². The minimum Gasteiger partial charge on any atom is -0.466 e. The van der Waals surface area contributed by atoms with Crippen LogP contribution in [0.4, 0.5) is 0 Å². The molecule has 0 radical (unpaired) electrons. The van der Waals surface area contributed by atoms with E-state index in [-0.39, 0.29) is 24.5 Å². The van der Waals surface area contributed by atoms with Gasteiger partial charge in [-0.05, 0) is 13.8 Å². The lowest BCUT2D eigenvalue weighted by atomic mass is 10.4. The van der Waals surface area contributed by atoms with E-state index < -0.39 is 16.0 Å². The van der Waals surface area contributed by atoms with E-state index in [0.717, 1.165) is 4.31 Å². The Morgan fingerprint density at radius 2 is 2.22 bits per heavy atom. The van der Waals surface area contributed by atoms with Crippen molar-refractivity contribution in [3.63, 3.8) is 0 Å². The summed E-state index contributed by atoms with van der Waals surface area (Å²) in [6.07, 6.45) is 1.28. The van der Waals surface area contributed by atoms with Crippen molar-refractivity contribution >= 4 is 16.0 Å². The summed E-state index contributed by atoms with van der Waals surface area (Å²) in [5.74, 6) is -0.413. The van der Waals surface area contributed by atoms with E-state index in [1.54, 1.807) is 13.8 Å². The van der Waals surface area contributed by atoms with Crippen molar-refractivity contribution in [2.45, 2.75) is 25.2 Å². The first-order valence-corrected chi connectivity index (χ1v) is 6.95. The summed E-state index contributed by atoms with van der Waals surface area (Å²) in [5.41, 5.74) is 0.470. The van der Waals surface area contributed by atoms with Crippen molar-refractivity contribution < 1.29 is 17.9 Å². The molecule has 1 aromatic heterocycles. The van der Waals surface area contributed by atoms with Gasteiger partial charge in [-0.25, -0.2) is 12.7 Å². The van der Waals surface area contributed by atoms with Gasteiger partial charge in [0.2, 0.25) is 10.0 Å². The summed E-state index contributed by atoms with van der Waals surface area (Å²) in [7, 11) is -2.19. The minimum absolute atomic E-state index is 0.0282. The lowest BCUT2D eigenvalue weighted by Gasteiger charge is -2.15. The van der Waals surface area contributed by atoms with Gasteiger partial charge in [-0.2, -0.15) is 5.10 Å². The van der Waals surface area contributed by atoms with Crippen molar-refractivity contribution in [3.8, 4) is 0 Å². The van der Waals surface area contributed by atoms with Crippen molar-refractivity contribution in [2.24, 2.45) is 0 Å². The quantitative estimate of drug-likeness (QED) is 0.753. The molecular formula is C10H17N3O4S. The van der Waals surface area contributed by atoms with Crippen molar-refractivity contribution in [2.75, 3.05) is 20.2 Å². The first-order chi connectivity index (χ1) is 8.39. The molecule has 1 N–H and O–H groups in total. The Bertz CT molecular complexity index is 509. The first-order valence-electron chi connectivity index (χ1n) is 5.51. The predicted octanol–water partition coefficient (Wildman–Crippen LogP) is 0.292. The zero-order chi connectivity index (χ0) is 13.8. The molecular weight excluding hydrogens is 258 g/mol. The van der Waals surface area contributed by atoms with Crippen LogP contribution in [-0.2, 0) is 19.6 Å². The van der Waals surface area contributed by atoms with E-state index in [2.05, 4.69) is 10.2 Å². The van der Waals surface area contributed by atoms with E-state index in [1.807, 2.05) is 0 Å². The second-order valence-corrected chi connectivity index (χ2v) is 5.75. The molecule has 0 aliphatic heterocycles. The van der Waals surface area contributed by atoms with Gasteiger partial charge >= 0.3 is 5.97 Å². The van der Waals surface area contributed by atoms with Gasteiger partial charge in [-0.15, -0.1) is 0 Å². The number of nitrogens with one attached hydrogen (secondary N) is 1. The summed E-state index contributed by atoms with van der Waals surface area (Å²) in [4.78, 5) is 11.3. The maximum atomic E-state index is 12.1. The molecule has 8 heteroatoms. The van der Waals surface area contributed by atoms with Gasteiger partial charge in [0.05, 0.1) is 24.9 Å². The highest BCUT2D eigenvalue weighted by molar-refractivity contribution is 7.89. The third-order valence-electron chi connectivity index (χ3n) is 2.41. The third-order valence-corrected chi connectivity index (χ3v) is 4.38. The molecule has 1 heterocycles. The number of H-pyrrole nitrogens is 1. The van der Waals surface area contributed by atoms with E-state index in [0.29, 0.717) is 5.69 Å². The molecule has 0 unspecified atom stereocenters. The number of hydrogen-bond acceptors (Lipinski definition) is 5. The van der Waals surface area contributed by atoms with Crippen LogP contribution in [0.3, 0.4) is 0 Å². The molecule has 18 heavy (non-hydrogen) atoms. The van der Waals surface area contributed by atoms with Gasteiger partial charge in [-0.3, -0.25) is 9.89 Å². The van der Waals surface area contributed by atoms with Crippen LogP contribution in [-0.4, -0.2) is 49.1 Å². The zero-order valence-corrected chi connectivity index (χ0v) is 11.5. The van der Waals surface area contributed by atoms with Gasteiger partial charge < -0.3 is 4.74 Å². The maximum Gasteiger partial charge on any atom is 0.307 e. The van der Waals surface area contributed by atoms with Gasteiger partial charge in [0, 0.05) is 13.6 Å². The Balaban J connectivity index is 2.69. The highest BCUT2D eigenvalue weighted by Gasteiger charge is 2.24. The number of aromatic amines is 1. The number of hydrogen-bond donors (Lipinski definition) is 1. The van der Waals surface area contributed by atoms with Crippen LogP contribution in [0.5, 0.6) is 0 Å². The van der Waals surface area contributed by atoms with Crippen molar-refractivity contribution in [1.29, 1.82) is 0 Å². The Hall–Kier alpha value is -1.41. The molecule has 1 aromatic rings. The van der Waals surface area contributed by atoms with E-state index in [9.17, 15) is 13.2 Å². The molecule has 7 nitrogen and oxygen atoms in total. The van der Waals surface area contributed by atoms with Crippen LogP contribution in [0.15, 0.2) is 11.1 Å². The topological polar surface area (TPSA) is 92.4 Å². The fourth-order valence-electron chi connectivity index (χ4n) is 1.37. The standard InChI is InChI=1S/C10H17N3O4S/c1-4-17-10(14)5-6-13(3)18(15,16)9-7-11-12-8(9)2/h7H,4-6H2,1-3H3,(H,11,12). The molecule has 1 rings (SSSR count). The summed E-state index contributed by atoms with van der Waals surface area (Å²) in [5, 5.41) is 6.24. The number of aryl methyl sites for hydroxylation is 1. The second-order valence-electron chi connectivity index (χ2n) is 3.74. The molecule has 0 amide bonds. The maximum absolute atomic E-state index is 12.1. The molecule has 0 aliphatic carbocycles. The highest BCUT2D eigenvalue weighted by atomic mass is 32.2. The summed E-state index contributed by atoms with van der Waals surface area (Å²) >= 11 is 0. The van der Waals surface area contributed by atoms with Crippen LogP contribution in [0.2, 0.25) is 0 Å². The average molecular weight is 275 g/mol. The van der Waals surface area contributed by atoms with Gasteiger partial charge in [-0.1, -0.05) is 0 Å². The summed E-state index contributed by atoms with van der Waals surface area (Å²) in [6, 6.07) is 0. The number of aromatic nitrogens is 2. The largest absolute Gasteiger partial charge is 0.466 e. The van der Waals surface area contributed by atoms with Crippen LogP contribution in [0, 0.1) is 6.92 Å². The van der Waals surface area contributed by atoms with Gasteiger partial charge in [0.25, 0.3) is 0 Å². The fourth-order valence-corrected chi connectivity index (χ4v) is 2.66. The molecule has 0 spiro atoms. The van der Waals surface area contributed by atoms with Gasteiger partial charge in [0.1, 0.15) is 4.90 Å². The van der Waals surface area contributed by atoms with Crippen LogP contribution >= 0.6 is 0 Å². The van der Waals surface area contributed by atoms with Crippen LogP contribution < -0.4 is 0 Å². The molecule has 0 saturated heterocycles. The number of ether oxygens (including phenoxy) is 1. The van der Waals surface area contributed by atoms with E-state index >= 15 is 0 Å². The number of rotatable bonds is 6. The summed E-state index contributed by atoms with van der Waals surface area (Å²) in [6.45, 7) is 3.69. The number of esters is 1. The Kier molecular flexibility index (Phi) is 4.85. The Labute approximate surface area is 106 Å². The molecule has 0 saturated carbocycles. The minimum atomic E-state index is -3.61. The molecule has 0 aliphatic rings. The second kappa shape index (κ2) is 5.96. The average Bonchev–Trinajstić information content (AvgIpc) is 2.73.